The van der Waals surface area contributed by atoms with E-state index < -0.39 is 5.97 Å². The van der Waals surface area contributed by atoms with Gasteiger partial charge in [-0.3, -0.25) is 0 Å². The largest absolute Gasteiger partial charge is 0.476 e. The summed E-state index contributed by atoms with van der Waals surface area (Å²) in [6.45, 7) is 5.80. The highest BCUT2D eigenvalue weighted by molar-refractivity contribution is 5.84. The molecular weight excluding hydrogens is 182 g/mol. The highest BCUT2D eigenvalue weighted by Crippen LogP contribution is 2.11. The highest BCUT2D eigenvalue weighted by atomic mass is 16.4. The summed E-state index contributed by atoms with van der Waals surface area (Å²) in [4.78, 5) is 14.2. The molecule has 0 aromatic carbocycles. The van der Waals surface area contributed by atoms with Crippen LogP contribution in [0.1, 0.15) is 30.4 Å². The number of imidazole rings is 1. The quantitative estimate of drug-likeness (QED) is 0.734. The maximum atomic E-state index is 10.5. The van der Waals surface area contributed by atoms with Crippen LogP contribution in [-0.4, -0.2) is 33.7 Å². The van der Waals surface area contributed by atoms with Gasteiger partial charge in [-0.05, 0) is 0 Å². The number of nitrogens with zero attached hydrogens (tertiary/aromatic N) is 2. The maximum absolute atomic E-state index is 10.5. The van der Waals surface area contributed by atoms with Crippen LogP contribution < -0.4 is 5.32 Å². The smallest absolute Gasteiger partial charge is 0.356 e. The van der Waals surface area contributed by atoms with Crippen molar-refractivity contribution in [2.75, 3.05) is 13.1 Å². The van der Waals surface area contributed by atoms with Crippen molar-refractivity contribution in [3.05, 3.63) is 18.2 Å². The molecule has 2 rings (SSSR count). The monoisotopic (exact) mass is 197 g/mol. The Morgan fingerprint density at radius 1 is 1.64 bits per heavy atom. The van der Waals surface area contributed by atoms with Crippen molar-refractivity contribution in [2.45, 2.75) is 19.9 Å². The number of carboxylic acids is 1. The van der Waals surface area contributed by atoms with Crippen molar-refractivity contribution in [1.29, 1.82) is 0 Å². The minimum Gasteiger partial charge on any atom is -0.476 e. The summed E-state index contributed by atoms with van der Waals surface area (Å²) in [6.07, 6.45) is 3.13. The summed E-state index contributed by atoms with van der Waals surface area (Å²) >= 11 is 0. The van der Waals surface area contributed by atoms with Crippen molar-refractivity contribution in [2.24, 2.45) is 0 Å². The molecule has 1 saturated heterocycles. The Kier molecular flexibility index (Phi) is 3.64. The topological polar surface area (TPSA) is 67.2 Å². The van der Waals surface area contributed by atoms with Crippen LogP contribution in [0, 0.1) is 0 Å². The zero-order valence-corrected chi connectivity index (χ0v) is 8.40. The number of nitrogens with one attached hydrogen (secondary N) is 1. The van der Waals surface area contributed by atoms with E-state index in [0.717, 1.165) is 13.1 Å². The van der Waals surface area contributed by atoms with Gasteiger partial charge in [-0.2, -0.15) is 0 Å². The molecule has 2 N–H and O–H groups in total. The van der Waals surface area contributed by atoms with Crippen LogP contribution in [0.3, 0.4) is 0 Å². The number of carboxylic acid groups (broad SMARTS) is 1. The fourth-order valence-electron chi connectivity index (χ4n) is 1.13. The molecule has 0 saturated carbocycles. The third-order valence-electron chi connectivity index (χ3n) is 2.00. The van der Waals surface area contributed by atoms with E-state index in [1.54, 1.807) is 12.5 Å². The fraction of sp³-hybridized carbons (Fsp3) is 0.556. The average molecular weight is 197 g/mol. The Morgan fingerprint density at radius 3 is 2.64 bits per heavy atom. The standard InChI is InChI=1S/C7H9N3O2.C2H6/c11-7(12)6-3-10(4-9-6)5-1-8-2-5;1-2/h3-5,8H,1-2H2,(H,11,12);1-2H3. The molecule has 1 aromatic heterocycles. The molecule has 0 aliphatic carbocycles. The lowest BCUT2D eigenvalue weighted by atomic mass is 10.2. The highest BCUT2D eigenvalue weighted by Gasteiger charge is 2.19. The lowest BCUT2D eigenvalue weighted by molar-refractivity contribution is 0.0691. The Balaban J connectivity index is 0.000000461. The number of aromatic nitrogens is 2. The van der Waals surface area contributed by atoms with Gasteiger partial charge in [0.1, 0.15) is 0 Å². The van der Waals surface area contributed by atoms with Crippen LogP contribution in [0.15, 0.2) is 12.5 Å². The molecule has 1 aliphatic heterocycles. The first-order valence-corrected chi connectivity index (χ1v) is 4.75. The van der Waals surface area contributed by atoms with Crippen molar-refractivity contribution in [3.63, 3.8) is 0 Å². The Bertz CT molecular complexity index is 305. The van der Waals surface area contributed by atoms with Crippen molar-refractivity contribution in [1.82, 2.24) is 14.9 Å². The van der Waals surface area contributed by atoms with Crippen LogP contribution in [0.2, 0.25) is 0 Å². The van der Waals surface area contributed by atoms with Gasteiger partial charge >= 0.3 is 5.97 Å². The first kappa shape index (κ1) is 10.7. The molecule has 78 valence electrons. The number of hydrogen-bond acceptors (Lipinski definition) is 3. The van der Waals surface area contributed by atoms with E-state index in [9.17, 15) is 4.79 Å². The van der Waals surface area contributed by atoms with Gasteiger partial charge in [-0.25, -0.2) is 9.78 Å². The van der Waals surface area contributed by atoms with Crippen LogP contribution in [0.25, 0.3) is 0 Å². The van der Waals surface area contributed by atoms with Crippen LogP contribution in [-0.2, 0) is 0 Å². The molecule has 1 aliphatic rings. The minimum atomic E-state index is -0.971. The Hall–Kier alpha value is -1.36. The predicted octanol–water partition coefficient (Wildman–Crippen LogP) is 0.752. The first-order valence-electron chi connectivity index (χ1n) is 4.75. The molecule has 0 atom stereocenters. The average Bonchev–Trinajstić information content (AvgIpc) is 2.54. The van der Waals surface area contributed by atoms with Gasteiger partial charge in [0.25, 0.3) is 0 Å². The second-order valence-corrected chi connectivity index (χ2v) is 2.82. The fourth-order valence-corrected chi connectivity index (χ4v) is 1.13. The second kappa shape index (κ2) is 4.76. The Labute approximate surface area is 82.8 Å². The van der Waals surface area contributed by atoms with Crippen molar-refractivity contribution in [3.8, 4) is 0 Å². The Morgan fingerprint density at radius 2 is 2.29 bits per heavy atom. The predicted molar refractivity (Wildman–Crippen MR) is 52.4 cm³/mol. The van der Waals surface area contributed by atoms with Crippen LogP contribution >= 0.6 is 0 Å². The van der Waals surface area contributed by atoms with Gasteiger partial charge < -0.3 is 15.0 Å². The molecule has 2 heterocycles. The van der Waals surface area contributed by atoms with Gasteiger partial charge in [0.2, 0.25) is 0 Å². The van der Waals surface area contributed by atoms with E-state index in [0.29, 0.717) is 6.04 Å². The van der Waals surface area contributed by atoms with Gasteiger partial charge in [-0.15, -0.1) is 0 Å². The lowest BCUT2D eigenvalue weighted by Gasteiger charge is -2.27. The maximum Gasteiger partial charge on any atom is 0.356 e. The third-order valence-corrected chi connectivity index (χ3v) is 2.00. The number of carbonyl (C=O) groups is 1. The molecule has 0 radical (unpaired) electrons. The van der Waals surface area contributed by atoms with Gasteiger partial charge in [-0.1, -0.05) is 13.8 Å². The molecule has 0 spiro atoms. The van der Waals surface area contributed by atoms with E-state index in [1.807, 2.05) is 18.4 Å². The summed E-state index contributed by atoms with van der Waals surface area (Å²) in [5, 5.41) is 11.7. The van der Waals surface area contributed by atoms with E-state index >= 15 is 0 Å². The molecule has 1 fully saturated rings. The first-order chi connectivity index (χ1) is 6.77. The normalized spacial score (nSPS) is 15.3. The zero-order chi connectivity index (χ0) is 10.6. The molecule has 0 bridgehead atoms. The molecule has 0 amide bonds. The summed E-state index contributed by atoms with van der Waals surface area (Å²) in [7, 11) is 0. The number of rotatable bonds is 2. The molecule has 5 nitrogen and oxygen atoms in total. The molecule has 0 unspecified atom stereocenters. The molecular formula is C9H15N3O2. The molecule has 14 heavy (non-hydrogen) atoms. The van der Waals surface area contributed by atoms with Crippen LogP contribution in [0.4, 0.5) is 0 Å². The summed E-state index contributed by atoms with van der Waals surface area (Å²) in [6, 6.07) is 0.380. The van der Waals surface area contributed by atoms with Gasteiger partial charge in [0, 0.05) is 19.3 Å². The summed E-state index contributed by atoms with van der Waals surface area (Å²) in [5.41, 5.74) is 0.113. The van der Waals surface area contributed by atoms with E-state index in [-0.39, 0.29) is 5.69 Å². The summed E-state index contributed by atoms with van der Waals surface area (Å²) in [5.74, 6) is -0.971. The molecule has 1 aromatic rings. The van der Waals surface area contributed by atoms with Gasteiger partial charge in [0.05, 0.1) is 12.4 Å². The number of aromatic carboxylic acids is 1. The SMILES string of the molecule is CC.O=C(O)c1cn(C2CNC2)cn1. The second-order valence-electron chi connectivity index (χ2n) is 2.82. The lowest BCUT2D eigenvalue weighted by Crippen LogP contribution is -2.42. The van der Waals surface area contributed by atoms with E-state index in [1.165, 1.54) is 0 Å². The van der Waals surface area contributed by atoms with E-state index in [4.69, 9.17) is 5.11 Å². The summed E-state index contributed by atoms with van der Waals surface area (Å²) < 4.78 is 1.83. The number of hydrogen-bond donors (Lipinski definition) is 2. The minimum absolute atomic E-state index is 0.113. The van der Waals surface area contributed by atoms with Crippen molar-refractivity contribution >= 4 is 5.97 Å². The van der Waals surface area contributed by atoms with Crippen LogP contribution in [0.5, 0.6) is 0 Å². The zero-order valence-electron chi connectivity index (χ0n) is 8.40. The van der Waals surface area contributed by atoms with Crippen molar-refractivity contribution < 1.29 is 9.90 Å². The molecule has 5 heteroatoms. The third kappa shape index (κ3) is 2.11. The van der Waals surface area contributed by atoms with E-state index in [2.05, 4.69) is 10.3 Å². The van der Waals surface area contributed by atoms with Gasteiger partial charge in [0.15, 0.2) is 5.69 Å².